The predicted molar refractivity (Wildman–Crippen MR) is 87.0 cm³/mol. The molecule has 1 heterocycles. The second-order valence-corrected chi connectivity index (χ2v) is 7.56. The molecule has 3 N–H and O–H groups in total. The average Bonchev–Trinajstić information content (AvgIpc) is 2.45. The number of ether oxygens (including phenoxy) is 1. The van der Waals surface area contributed by atoms with Crippen molar-refractivity contribution >= 4 is 11.8 Å². The van der Waals surface area contributed by atoms with Crippen molar-refractivity contribution in [1.82, 2.24) is 5.43 Å². The minimum Gasteiger partial charge on any atom is -0.375 e. The molecule has 1 fully saturated rings. The molecule has 0 spiro atoms. The van der Waals surface area contributed by atoms with E-state index in [-0.39, 0.29) is 17.6 Å². The van der Waals surface area contributed by atoms with Crippen molar-refractivity contribution in [2.75, 3.05) is 18.1 Å². The van der Waals surface area contributed by atoms with E-state index in [4.69, 9.17) is 10.6 Å². The molecular formula is C16H26N2OS. The van der Waals surface area contributed by atoms with Crippen molar-refractivity contribution in [2.24, 2.45) is 5.84 Å². The highest BCUT2D eigenvalue weighted by atomic mass is 32.2. The number of nitrogens with one attached hydrogen (secondary N) is 1. The van der Waals surface area contributed by atoms with Gasteiger partial charge in [-0.1, -0.05) is 45.0 Å². The van der Waals surface area contributed by atoms with E-state index in [0.29, 0.717) is 0 Å². The van der Waals surface area contributed by atoms with Crippen molar-refractivity contribution < 1.29 is 4.74 Å². The van der Waals surface area contributed by atoms with E-state index in [9.17, 15) is 0 Å². The smallest absolute Gasteiger partial charge is 0.0835 e. The molecule has 20 heavy (non-hydrogen) atoms. The van der Waals surface area contributed by atoms with E-state index in [1.54, 1.807) is 0 Å². The van der Waals surface area contributed by atoms with Gasteiger partial charge in [0, 0.05) is 11.5 Å². The minimum absolute atomic E-state index is 0.184. The third-order valence-electron chi connectivity index (χ3n) is 3.78. The van der Waals surface area contributed by atoms with Crippen molar-refractivity contribution in [3.8, 4) is 0 Å². The molecule has 0 amide bonds. The van der Waals surface area contributed by atoms with Crippen LogP contribution in [0.3, 0.4) is 0 Å². The van der Waals surface area contributed by atoms with Gasteiger partial charge < -0.3 is 4.74 Å². The maximum Gasteiger partial charge on any atom is 0.0835 e. The summed E-state index contributed by atoms with van der Waals surface area (Å²) in [6, 6.07) is 9.05. The SMILES string of the molecule is CC(C)(C)c1ccc(CC(NN)C2CSCCO2)cc1. The van der Waals surface area contributed by atoms with Gasteiger partial charge in [-0.2, -0.15) is 11.8 Å². The summed E-state index contributed by atoms with van der Waals surface area (Å²) in [5.41, 5.74) is 5.80. The Kier molecular flexibility index (Phi) is 5.49. The zero-order chi connectivity index (χ0) is 14.6. The van der Waals surface area contributed by atoms with Crippen molar-refractivity contribution in [1.29, 1.82) is 0 Å². The minimum atomic E-state index is 0.184. The highest BCUT2D eigenvalue weighted by Crippen LogP contribution is 2.23. The van der Waals surface area contributed by atoms with E-state index >= 15 is 0 Å². The van der Waals surface area contributed by atoms with Crippen molar-refractivity contribution in [3.63, 3.8) is 0 Å². The summed E-state index contributed by atoms with van der Waals surface area (Å²) in [6.07, 6.45) is 1.12. The van der Waals surface area contributed by atoms with Gasteiger partial charge in [0.2, 0.25) is 0 Å². The fourth-order valence-electron chi connectivity index (χ4n) is 2.43. The van der Waals surface area contributed by atoms with Crippen LogP contribution in [-0.2, 0) is 16.6 Å². The van der Waals surface area contributed by atoms with E-state index in [2.05, 4.69) is 50.5 Å². The molecule has 2 atom stereocenters. The van der Waals surface area contributed by atoms with Crippen LogP contribution in [0.15, 0.2) is 24.3 Å². The topological polar surface area (TPSA) is 47.3 Å². The summed E-state index contributed by atoms with van der Waals surface area (Å²) in [6.45, 7) is 7.54. The van der Waals surface area contributed by atoms with Crippen molar-refractivity contribution in [2.45, 2.75) is 44.8 Å². The van der Waals surface area contributed by atoms with Gasteiger partial charge in [-0.15, -0.1) is 0 Å². The molecule has 1 aliphatic heterocycles. The Morgan fingerprint density at radius 2 is 2.05 bits per heavy atom. The summed E-state index contributed by atoms with van der Waals surface area (Å²) in [5.74, 6) is 7.83. The first-order valence-electron chi connectivity index (χ1n) is 7.25. The lowest BCUT2D eigenvalue weighted by molar-refractivity contribution is 0.0472. The van der Waals surface area contributed by atoms with Crippen LogP contribution in [0.5, 0.6) is 0 Å². The number of hydrogen-bond donors (Lipinski definition) is 2. The zero-order valence-corrected chi connectivity index (χ0v) is 13.5. The lowest BCUT2D eigenvalue weighted by atomic mass is 9.86. The number of benzene rings is 1. The van der Waals surface area contributed by atoms with E-state index in [1.165, 1.54) is 11.1 Å². The van der Waals surface area contributed by atoms with Gasteiger partial charge in [0.1, 0.15) is 0 Å². The van der Waals surface area contributed by atoms with Crippen LogP contribution < -0.4 is 11.3 Å². The molecule has 4 heteroatoms. The monoisotopic (exact) mass is 294 g/mol. The zero-order valence-electron chi connectivity index (χ0n) is 12.7. The summed E-state index contributed by atoms with van der Waals surface area (Å²) in [7, 11) is 0. The van der Waals surface area contributed by atoms with Crippen LogP contribution >= 0.6 is 11.8 Å². The lowest BCUT2D eigenvalue weighted by Crippen LogP contribution is -2.49. The Labute approximate surface area is 126 Å². The first-order chi connectivity index (χ1) is 9.50. The second kappa shape index (κ2) is 6.94. The Balaban J connectivity index is 2.00. The van der Waals surface area contributed by atoms with Crippen molar-refractivity contribution in [3.05, 3.63) is 35.4 Å². The van der Waals surface area contributed by atoms with Crippen LogP contribution in [0, 0.1) is 0 Å². The molecule has 0 bridgehead atoms. The lowest BCUT2D eigenvalue weighted by Gasteiger charge is -2.30. The Hall–Kier alpha value is -0.550. The van der Waals surface area contributed by atoms with Gasteiger partial charge >= 0.3 is 0 Å². The Morgan fingerprint density at radius 1 is 1.35 bits per heavy atom. The normalized spacial score (nSPS) is 21.7. The van der Waals surface area contributed by atoms with Gasteiger partial charge in [0.25, 0.3) is 0 Å². The molecule has 0 saturated carbocycles. The third-order valence-corrected chi connectivity index (χ3v) is 4.80. The standard InChI is InChI=1S/C16H26N2OS/c1-16(2,3)13-6-4-12(5-7-13)10-14(18-17)15-11-20-9-8-19-15/h4-7,14-15,18H,8-11,17H2,1-3H3. The first-order valence-corrected chi connectivity index (χ1v) is 8.41. The quantitative estimate of drug-likeness (QED) is 0.661. The molecule has 0 aromatic heterocycles. The van der Waals surface area contributed by atoms with E-state index in [0.717, 1.165) is 24.5 Å². The summed E-state index contributed by atoms with van der Waals surface area (Å²) in [4.78, 5) is 0. The third kappa shape index (κ3) is 4.22. The fourth-order valence-corrected chi connectivity index (χ4v) is 3.37. The molecule has 2 rings (SSSR count). The van der Waals surface area contributed by atoms with Gasteiger partial charge in [-0.3, -0.25) is 11.3 Å². The molecule has 1 aliphatic rings. The number of rotatable bonds is 4. The van der Waals surface area contributed by atoms with Crippen LogP contribution in [0.2, 0.25) is 0 Å². The summed E-state index contributed by atoms with van der Waals surface area (Å²) < 4.78 is 5.82. The van der Waals surface area contributed by atoms with Gasteiger partial charge in [0.05, 0.1) is 18.8 Å². The highest BCUT2D eigenvalue weighted by molar-refractivity contribution is 7.99. The van der Waals surface area contributed by atoms with Crippen LogP contribution in [0.4, 0.5) is 0 Å². The first kappa shape index (κ1) is 15.8. The summed E-state index contributed by atoms with van der Waals surface area (Å²) in [5, 5.41) is 0. The summed E-state index contributed by atoms with van der Waals surface area (Å²) >= 11 is 1.94. The molecule has 1 aromatic rings. The predicted octanol–water partition coefficient (Wildman–Crippen LogP) is 2.49. The largest absolute Gasteiger partial charge is 0.375 e. The average molecular weight is 294 g/mol. The Morgan fingerprint density at radius 3 is 2.55 bits per heavy atom. The molecule has 0 radical (unpaired) electrons. The maximum absolute atomic E-state index is 5.82. The maximum atomic E-state index is 5.82. The molecule has 112 valence electrons. The molecule has 1 aromatic carbocycles. The second-order valence-electron chi connectivity index (χ2n) is 6.41. The molecular weight excluding hydrogens is 268 g/mol. The fraction of sp³-hybridized carbons (Fsp3) is 0.625. The van der Waals surface area contributed by atoms with Crippen LogP contribution in [0.1, 0.15) is 31.9 Å². The number of thioether (sulfide) groups is 1. The van der Waals surface area contributed by atoms with E-state index in [1.807, 2.05) is 11.8 Å². The van der Waals surface area contributed by atoms with Crippen LogP contribution in [-0.4, -0.2) is 30.3 Å². The van der Waals surface area contributed by atoms with Gasteiger partial charge in [-0.25, -0.2) is 0 Å². The molecule has 0 aliphatic carbocycles. The Bertz CT molecular complexity index is 407. The number of nitrogens with two attached hydrogens (primary N) is 1. The number of hydrazine groups is 1. The molecule has 1 saturated heterocycles. The molecule has 3 nitrogen and oxygen atoms in total. The van der Waals surface area contributed by atoms with Gasteiger partial charge in [0.15, 0.2) is 0 Å². The van der Waals surface area contributed by atoms with E-state index < -0.39 is 0 Å². The van der Waals surface area contributed by atoms with Crippen LogP contribution in [0.25, 0.3) is 0 Å². The molecule has 2 unspecified atom stereocenters. The number of hydrogen-bond acceptors (Lipinski definition) is 4. The highest BCUT2D eigenvalue weighted by Gasteiger charge is 2.24. The van der Waals surface area contributed by atoms with Gasteiger partial charge in [-0.05, 0) is 23.0 Å².